The second-order valence-corrected chi connectivity index (χ2v) is 7.09. The second-order valence-electron chi connectivity index (χ2n) is 7.09. The van der Waals surface area contributed by atoms with Gasteiger partial charge in [0.1, 0.15) is 18.0 Å². The first-order chi connectivity index (χ1) is 14.1. The van der Waals surface area contributed by atoms with Crippen molar-refractivity contribution >= 4 is 23.5 Å². The molecule has 2 aliphatic rings. The van der Waals surface area contributed by atoms with Crippen LogP contribution in [-0.4, -0.2) is 55.8 Å². The van der Waals surface area contributed by atoms with Crippen LogP contribution in [0, 0.1) is 0 Å². The number of carbonyl (C=O) groups is 2. The van der Waals surface area contributed by atoms with Gasteiger partial charge in [0.15, 0.2) is 0 Å². The zero-order valence-electron chi connectivity index (χ0n) is 16.6. The Bertz CT molecular complexity index is 926. The first-order valence-corrected chi connectivity index (χ1v) is 9.66. The van der Waals surface area contributed by atoms with Gasteiger partial charge in [-0.1, -0.05) is 5.16 Å². The van der Waals surface area contributed by atoms with Gasteiger partial charge in [0.25, 0.3) is 0 Å². The lowest BCUT2D eigenvalue weighted by Crippen LogP contribution is -2.37. The molecule has 0 atom stereocenters. The summed E-state index contributed by atoms with van der Waals surface area (Å²) >= 11 is 0. The quantitative estimate of drug-likeness (QED) is 0.800. The molecule has 3 amide bonds. The average Bonchev–Trinajstić information content (AvgIpc) is 3.31. The van der Waals surface area contributed by atoms with E-state index in [9.17, 15) is 9.59 Å². The van der Waals surface area contributed by atoms with Gasteiger partial charge in [-0.25, -0.2) is 4.79 Å². The summed E-state index contributed by atoms with van der Waals surface area (Å²) in [5, 5.41) is 6.81. The highest BCUT2D eigenvalue weighted by molar-refractivity contribution is 6.00. The van der Waals surface area contributed by atoms with Crippen molar-refractivity contribution < 1.29 is 23.6 Å². The molecule has 1 aromatic heterocycles. The van der Waals surface area contributed by atoms with Gasteiger partial charge in [0.2, 0.25) is 11.8 Å². The van der Waals surface area contributed by atoms with Gasteiger partial charge < -0.3 is 18.9 Å². The predicted octanol–water partition coefficient (Wildman–Crippen LogP) is 2.45. The van der Waals surface area contributed by atoms with Crippen LogP contribution >= 0.6 is 0 Å². The number of aromatic nitrogens is 1. The van der Waals surface area contributed by atoms with Crippen molar-refractivity contribution in [1.29, 1.82) is 0 Å². The standard InChI is InChI=1S/C20H24N4O5/c1-27-13-7-8-17(28-2)16(11-13)24-10-9-23(20(24)26)12-18(25)21-19-14-5-3-4-6-15(14)22-29-19/h7-8,11H,3-6,9-10,12H2,1-2H3,(H,21,25). The molecule has 1 aromatic carbocycles. The summed E-state index contributed by atoms with van der Waals surface area (Å²) in [5.74, 6) is 1.30. The molecule has 9 nitrogen and oxygen atoms in total. The summed E-state index contributed by atoms with van der Waals surface area (Å²) in [6.07, 6.45) is 3.86. The highest BCUT2D eigenvalue weighted by Crippen LogP contribution is 2.34. The summed E-state index contributed by atoms with van der Waals surface area (Å²) in [6, 6.07) is 5.02. The molecule has 0 saturated carbocycles. The van der Waals surface area contributed by atoms with E-state index in [0.29, 0.717) is 36.2 Å². The van der Waals surface area contributed by atoms with E-state index < -0.39 is 0 Å². The van der Waals surface area contributed by atoms with Crippen molar-refractivity contribution in [3.05, 3.63) is 29.5 Å². The number of urea groups is 1. The van der Waals surface area contributed by atoms with Crippen LogP contribution in [0.2, 0.25) is 0 Å². The van der Waals surface area contributed by atoms with Crippen LogP contribution in [0.1, 0.15) is 24.1 Å². The second kappa shape index (κ2) is 8.02. The van der Waals surface area contributed by atoms with Crippen LogP contribution in [-0.2, 0) is 17.6 Å². The van der Waals surface area contributed by atoms with Gasteiger partial charge in [0.05, 0.1) is 25.6 Å². The largest absolute Gasteiger partial charge is 0.497 e. The first-order valence-electron chi connectivity index (χ1n) is 9.66. The zero-order chi connectivity index (χ0) is 20.4. The van der Waals surface area contributed by atoms with Gasteiger partial charge in [-0.3, -0.25) is 15.0 Å². The number of ether oxygens (including phenoxy) is 2. The Morgan fingerprint density at radius 3 is 2.83 bits per heavy atom. The van der Waals surface area contributed by atoms with Crippen molar-refractivity contribution in [3.8, 4) is 11.5 Å². The molecular formula is C20H24N4O5. The maximum absolute atomic E-state index is 12.9. The molecule has 2 aromatic rings. The number of aryl methyl sites for hydroxylation is 1. The summed E-state index contributed by atoms with van der Waals surface area (Å²) in [7, 11) is 3.12. The fourth-order valence-corrected chi connectivity index (χ4v) is 3.79. The molecular weight excluding hydrogens is 376 g/mol. The van der Waals surface area contributed by atoms with Gasteiger partial charge >= 0.3 is 6.03 Å². The number of nitrogens with one attached hydrogen (secondary N) is 1. The summed E-state index contributed by atoms with van der Waals surface area (Å²) in [6.45, 7) is 0.825. The zero-order valence-corrected chi connectivity index (χ0v) is 16.6. The molecule has 1 aliphatic heterocycles. The lowest BCUT2D eigenvalue weighted by molar-refractivity contribution is -0.116. The topological polar surface area (TPSA) is 97.1 Å². The minimum Gasteiger partial charge on any atom is -0.497 e. The Balaban J connectivity index is 1.43. The van der Waals surface area contributed by atoms with Crippen LogP contribution in [0.3, 0.4) is 0 Å². The smallest absolute Gasteiger partial charge is 0.325 e. The van der Waals surface area contributed by atoms with Crippen LogP contribution in [0.4, 0.5) is 16.4 Å². The van der Waals surface area contributed by atoms with E-state index >= 15 is 0 Å². The molecule has 29 heavy (non-hydrogen) atoms. The number of fused-ring (bicyclic) bond motifs is 1. The number of amides is 3. The lowest BCUT2D eigenvalue weighted by Gasteiger charge is -2.21. The number of anilines is 2. The van der Waals surface area contributed by atoms with E-state index in [1.165, 1.54) is 4.90 Å². The molecule has 1 aliphatic carbocycles. The normalized spacial score (nSPS) is 16.0. The monoisotopic (exact) mass is 400 g/mol. The SMILES string of the molecule is COc1ccc(OC)c(N2CCN(CC(=O)Nc3onc4c3CCCC4)C2=O)c1. The Hall–Kier alpha value is -3.23. The maximum atomic E-state index is 12.9. The third kappa shape index (κ3) is 3.72. The van der Waals surface area contributed by atoms with E-state index in [-0.39, 0.29) is 18.5 Å². The first kappa shape index (κ1) is 19.1. The molecule has 9 heteroatoms. The van der Waals surface area contributed by atoms with E-state index in [1.54, 1.807) is 37.3 Å². The van der Waals surface area contributed by atoms with Gasteiger partial charge in [-0.15, -0.1) is 0 Å². The van der Waals surface area contributed by atoms with Crippen LogP contribution in [0.25, 0.3) is 0 Å². The fourth-order valence-electron chi connectivity index (χ4n) is 3.79. The predicted molar refractivity (Wildman–Crippen MR) is 106 cm³/mol. The number of carbonyl (C=O) groups excluding carboxylic acids is 2. The van der Waals surface area contributed by atoms with E-state index in [4.69, 9.17) is 14.0 Å². The molecule has 1 fully saturated rings. The number of benzene rings is 1. The van der Waals surface area contributed by atoms with E-state index in [1.807, 2.05) is 0 Å². The average molecular weight is 400 g/mol. The Kier molecular flexibility index (Phi) is 5.28. The molecule has 0 radical (unpaired) electrons. The maximum Gasteiger partial charge on any atom is 0.325 e. The van der Waals surface area contributed by atoms with Crippen LogP contribution in [0.15, 0.2) is 22.7 Å². The summed E-state index contributed by atoms with van der Waals surface area (Å²) in [5.41, 5.74) is 2.50. The van der Waals surface area contributed by atoms with Gasteiger partial charge in [-0.2, -0.15) is 0 Å². The highest BCUT2D eigenvalue weighted by atomic mass is 16.5. The van der Waals surface area contributed by atoms with Crippen molar-refractivity contribution in [2.45, 2.75) is 25.7 Å². The lowest BCUT2D eigenvalue weighted by atomic mass is 9.98. The highest BCUT2D eigenvalue weighted by Gasteiger charge is 2.33. The van der Waals surface area contributed by atoms with Crippen molar-refractivity contribution in [2.75, 3.05) is 44.1 Å². The molecule has 0 bridgehead atoms. The van der Waals surface area contributed by atoms with Crippen LogP contribution in [0.5, 0.6) is 11.5 Å². The summed E-state index contributed by atoms with van der Waals surface area (Å²) < 4.78 is 15.9. The number of hydrogen-bond donors (Lipinski definition) is 1. The van der Waals surface area contributed by atoms with Crippen molar-refractivity contribution in [2.24, 2.45) is 0 Å². The van der Waals surface area contributed by atoms with Crippen molar-refractivity contribution in [1.82, 2.24) is 10.1 Å². The number of rotatable bonds is 6. The number of hydrogen-bond acceptors (Lipinski definition) is 6. The number of nitrogens with zero attached hydrogens (tertiary/aromatic N) is 3. The van der Waals surface area contributed by atoms with Crippen molar-refractivity contribution in [3.63, 3.8) is 0 Å². The third-order valence-electron chi connectivity index (χ3n) is 5.32. The third-order valence-corrected chi connectivity index (χ3v) is 5.32. The molecule has 1 N–H and O–H groups in total. The molecule has 0 spiro atoms. The molecule has 4 rings (SSSR count). The number of methoxy groups -OCH3 is 2. The Labute approximate surface area is 168 Å². The minimum absolute atomic E-state index is 0.0584. The van der Waals surface area contributed by atoms with E-state index in [2.05, 4.69) is 10.5 Å². The van der Waals surface area contributed by atoms with Gasteiger partial charge in [-0.05, 0) is 37.8 Å². The summed E-state index contributed by atoms with van der Waals surface area (Å²) in [4.78, 5) is 28.5. The Morgan fingerprint density at radius 1 is 1.21 bits per heavy atom. The molecule has 0 unspecified atom stereocenters. The van der Waals surface area contributed by atoms with Crippen LogP contribution < -0.4 is 19.7 Å². The van der Waals surface area contributed by atoms with E-state index in [0.717, 1.165) is 36.9 Å². The molecule has 2 heterocycles. The van der Waals surface area contributed by atoms with Gasteiger partial charge in [0, 0.05) is 24.7 Å². The Morgan fingerprint density at radius 2 is 2.03 bits per heavy atom. The molecule has 154 valence electrons. The fraction of sp³-hybridized carbons (Fsp3) is 0.450. The minimum atomic E-state index is -0.303. The molecule has 1 saturated heterocycles.